The molecule has 0 atom stereocenters. The van der Waals surface area contributed by atoms with E-state index in [1.165, 1.54) is 12.8 Å². The molecule has 0 aliphatic rings. The van der Waals surface area contributed by atoms with Crippen molar-refractivity contribution >= 4 is 17.6 Å². The third-order valence-corrected chi connectivity index (χ3v) is 4.55. The molecule has 0 radical (unpaired) electrons. The lowest BCUT2D eigenvalue weighted by Crippen LogP contribution is -2.21. The van der Waals surface area contributed by atoms with Crippen molar-refractivity contribution in [2.75, 3.05) is 18.5 Å². The summed E-state index contributed by atoms with van der Waals surface area (Å²) in [5.74, 6) is 0.104. The average molecular weight is 398 g/mol. The molecule has 5 nitrogen and oxygen atoms in total. The summed E-state index contributed by atoms with van der Waals surface area (Å²) in [5, 5.41) is 2.81. The first kappa shape index (κ1) is 22.5. The molecule has 0 bridgehead atoms. The van der Waals surface area contributed by atoms with Crippen LogP contribution in [-0.2, 0) is 9.53 Å². The van der Waals surface area contributed by atoms with E-state index in [-0.39, 0.29) is 18.4 Å². The van der Waals surface area contributed by atoms with Gasteiger partial charge in [0.2, 0.25) is 0 Å². The van der Waals surface area contributed by atoms with Gasteiger partial charge in [-0.05, 0) is 48.2 Å². The summed E-state index contributed by atoms with van der Waals surface area (Å²) in [6.45, 7) is 6.63. The number of para-hydroxylation sites is 1. The van der Waals surface area contributed by atoms with Gasteiger partial charge in [-0.2, -0.15) is 0 Å². The first-order valence-corrected chi connectivity index (χ1v) is 10.3. The minimum absolute atomic E-state index is 0.279. The summed E-state index contributed by atoms with van der Waals surface area (Å²) in [5.41, 5.74) is 2.17. The highest BCUT2D eigenvalue weighted by Crippen LogP contribution is 2.23. The zero-order valence-corrected chi connectivity index (χ0v) is 17.6. The van der Waals surface area contributed by atoms with Gasteiger partial charge in [0.1, 0.15) is 5.75 Å². The number of hydrogen-bond donors (Lipinski definition) is 1. The Labute approximate surface area is 173 Å². The molecule has 156 valence electrons. The number of hydrogen-bond acceptors (Lipinski definition) is 4. The number of rotatable bonds is 11. The summed E-state index contributed by atoms with van der Waals surface area (Å²) in [6, 6.07) is 14.4. The van der Waals surface area contributed by atoms with E-state index in [9.17, 15) is 9.59 Å². The first-order valence-electron chi connectivity index (χ1n) is 10.3. The fourth-order valence-corrected chi connectivity index (χ4v) is 2.92. The van der Waals surface area contributed by atoms with Gasteiger partial charge in [-0.3, -0.25) is 4.79 Å². The fraction of sp³-hybridized carbons (Fsp3) is 0.417. The zero-order chi connectivity index (χ0) is 21.1. The number of carbonyl (C=O) groups excluding carboxylic acids is 2. The van der Waals surface area contributed by atoms with Gasteiger partial charge in [0, 0.05) is 5.69 Å². The molecule has 2 rings (SSSR count). The Bertz CT molecular complexity index is 784. The lowest BCUT2D eigenvalue weighted by Gasteiger charge is -2.13. The van der Waals surface area contributed by atoms with E-state index in [4.69, 9.17) is 9.47 Å². The molecule has 0 unspecified atom stereocenters. The molecule has 2 aromatic rings. The maximum absolute atomic E-state index is 12.2. The van der Waals surface area contributed by atoms with Gasteiger partial charge in [-0.15, -0.1) is 0 Å². The van der Waals surface area contributed by atoms with Gasteiger partial charge in [0.05, 0.1) is 12.2 Å². The highest BCUT2D eigenvalue weighted by Gasteiger charge is 2.13. The summed E-state index contributed by atoms with van der Waals surface area (Å²) < 4.78 is 10.8. The normalized spacial score (nSPS) is 10.6. The van der Waals surface area contributed by atoms with Gasteiger partial charge in [-0.25, -0.2) is 4.79 Å². The largest absolute Gasteiger partial charge is 0.494 e. The molecular weight excluding hydrogens is 366 g/mol. The van der Waals surface area contributed by atoms with Crippen molar-refractivity contribution in [1.82, 2.24) is 0 Å². The van der Waals surface area contributed by atoms with Crippen LogP contribution in [0.4, 0.5) is 5.69 Å². The van der Waals surface area contributed by atoms with E-state index in [2.05, 4.69) is 26.1 Å². The topological polar surface area (TPSA) is 64.6 Å². The van der Waals surface area contributed by atoms with Gasteiger partial charge in [0.15, 0.2) is 6.61 Å². The Morgan fingerprint density at radius 3 is 2.38 bits per heavy atom. The summed E-state index contributed by atoms with van der Waals surface area (Å²) in [7, 11) is 0. The number of ether oxygens (including phenoxy) is 2. The number of esters is 1. The van der Waals surface area contributed by atoms with Crippen LogP contribution in [-0.4, -0.2) is 25.1 Å². The molecule has 0 fully saturated rings. The van der Waals surface area contributed by atoms with Crippen LogP contribution in [0.2, 0.25) is 0 Å². The van der Waals surface area contributed by atoms with Crippen LogP contribution < -0.4 is 10.1 Å². The van der Waals surface area contributed by atoms with Crippen molar-refractivity contribution in [3.8, 4) is 5.75 Å². The molecule has 1 amide bonds. The molecule has 1 N–H and O–H groups in total. The Kier molecular flexibility index (Phi) is 9.22. The molecule has 5 heteroatoms. The van der Waals surface area contributed by atoms with E-state index < -0.39 is 5.97 Å². The van der Waals surface area contributed by atoms with Gasteiger partial charge in [-0.1, -0.05) is 58.2 Å². The van der Waals surface area contributed by atoms with Crippen molar-refractivity contribution in [3.63, 3.8) is 0 Å². The van der Waals surface area contributed by atoms with Crippen LogP contribution in [0.25, 0.3) is 0 Å². The third kappa shape index (κ3) is 7.60. The number of anilines is 1. The highest BCUT2D eigenvalue weighted by molar-refractivity contribution is 5.96. The zero-order valence-electron chi connectivity index (χ0n) is 17.6. The Morgan fingerprint density at radius 2 is 1.69 bits per heavy atom. The number of benzene rings is 2. The van der Waals surface area contributed by atoms with Gasteiger partial charge >= 0.3 is 5.97 Å². The minimum atomic E-state index is -0.535. The van der Waals surface area contributed by atoms with Crippen LogP contribution >= 0.6 is 0 Å². The Hall–Kier alpha value is -2.82. The van der Waals surface area contributed by atoms with Crippen molar-refractivity contribution in [2.24, 2.45) is 0 Å². The Balaban J connectivity index is 1.79. The lowest BCUT2D eigenvalue weighted by molar-refractivity contribution is -0.119. The van der Waals surface area contributed by atoms with Crippen molar-refractivity contribution in [2.45, 2.75) is 52.4 Å². The predicted molar refractivity (Wildman–Crippen MR) is 116 cm³/mol. The maximum Gasteiger partial charge on any atom is 0.338 e. The van der Waals surface area contributed by atoms with Crippen molar-refractivity contribution in [1.29, 1.82) is 0 Å². The number of nitrogens with one attached hydrogen (secondary N) is 1. The molecule has 0 spiro atoms. The highest BCUT2D eigenvalue weighted by atomic mass is 16.5. The second-order valence-electron chi connectivity index (χ2n) is 7.30. The number of unbranched alkanes of at least 4 members (excludes halogenated alkanes) is 3. The minimum Gasteiger partial charge on any atom is -0.494 e. The maximum atomic E-state index is 12.2. The smallest absolute Gasteiger partial charge is 0.338 e. The van der Waals surface area contributed by atoms with Crippen LogP contribution in [0.3, 0.4) is 0 Å². The SMILES string of the molecule is CCCCCCOc1ccc(C(=O)OCC(=O)Nc2ccccc2C(C)C)cc1. The van der Waals surface area contributed by atoms with Gasteiger partial charge < -0.3 is 14.8 Å². The van der Waals surface area contributed by atoms with Crippen LogP contribution in [0.5, 0.6) is 5.75 Å². The number of carbonyl (C=O) groups is 2. The van der Waals surface area contributed by atoms with Crippen LogP contribution in [0.15, 0.2) is 48.5 Å². The third-order valence-electron chi connectivity index (χ3n) is 4.55. The Morgan fingerprint density at radius 1 is 0.966 bits per heavy atom. The lowest BCUT2D eigenvalue weighted by atomic mass is 10.0. The van der Waals surface area contributed by atoms with E-state index in [0.29, 0.717) is 12.2 Å². The predicted octanol–water partition coefficient (Wildman–Crippen LogP) is 5.56. The second-order valence-corrected chi connectivity index (χ2v) is 7.30. The molecule has 0 saturated heterocycles. The molecule has 0 aliphatic carbocycles. The quantitative estimate of drug-likeness (QED) is 0.398. The first-order chi connectivity index (χ1) is 14.0. The fourth-order valence-electron chi connectivity index (χ4n) is 2.92. The van der Waals surface area contributed by atoms with E-state index >= 15 is 0 Å². The molecule has 29 heavy (non-hydrogen) atoms. The van der Waals surface area contributed by atoms with Crippen LogP contribution in [0.1, 0.15) is 68.3 Å². The van der Waals surface area contributed by atoms with Crippen LogP contribution in [0, 0.1) is 0 Å². The molecular formula is C24H31NO4. The molecule has 0 aromatic heterocycles. The summed E-state index contributed by atoms with van der Waals surface area (Å²) >= 11 is 0. The molecule has 0 saturated carbocycles. The van der Waals surface area contributed by atoms with E-state index in [1.54, 1.807) is 24.3 Å². The molecule has 2 aromatic carbocycles. The monoisotopic (exact) mass is 397 g/mol. The van der Waals surface area contributed by atoms with Gasteiger partial charge in [0.25, 0.3) is 5.91 Å². The summed E-state index contributed by atoms with van der Waals surface area (Å²) in [6.07, 6.45) is 4.58. The van der Waals surface area contributed by atoms with Crippen molar-refractivity contribution < 1.29 is 19.1 Å². The van der Waals surface area contributed by atoms with E-state index in [0.717, 1.165) is 29.8 Å². The van der Waals surface area contributed by atoms with Crippen molar-refractivity contribution in [3.05, 3.63) is 59.7 Å². The second kappa shape index (κ2) is 11.9. The standard InChI is InChI=1S/C24H31NO4/c1-4-5-6-9-16-28-20-14-12-19(13-15-20)24(27)29-17-23(26)25-22-11-8-7-10-21(22)18(2)3/h7-8,10-15,18H,4-6,9,16-17H2,1-3H3,(H,25,26). The molecule has 0 heterocycles. The van der Waals surface area contributed by atoms with E-state index in [1.807, 2.05) is 24.3 Å². The average Bonchev–Trinajstić information content (AvgIpc) is 2.72. The molecule has 0 aliphatic heterocycles. The summed E-state index contributed by atoms with van der Waals surface area (Å²) in [4.78, 5) is 24.3. The number of amides is 1.